The van der Waals surface area contributed by atoms with E-state index in [2.05, 4.69) is 4.98 Å². The molecular formula is C11H13N3OS. The lowest BCUT2D eigenvalue weighted by molar-refractivity contribution is -0.114. The van der Waals surface area contributed by atoms with E-state index in [4.69, 9.17) is 11.5 Å². The van der Waals surface area contributed by atoms with Crippen LogP contribution >= 0.6 is 11.3 Å². The van der Waals surface area contributed by atoms with E-state index < -0.39 is 11.4 Å². The molecule has 16 heavy (non-hydrogen) atoms. The molecule has 0 bridgehead atoms. The largest absolute Gasteiger partial charge is 0.366 e. The van der Waals surface area contributed by atoms with Crippen LogP contribution in [0.3, 0.4) is 0 Å². The first-order valence-corrected chi connectivity index (χ1v) is 5.73. The van der Waals surface area contributed by atoms with Gasteiger partial charge in [-0.15, -0.1) is 11.3 Å². The van der Waals surface area contributed by atoms with Crippen LogP contribution in [0, 0.1) is 6.92 Å². The van der Waals surface area contributed by atoms with Crippen molar-refractivity contribution in [1.82, 2.24) is 4.98 Å². The molecule has 0 saturated heterocycles. The second kappa shape index (κ2) is 3.84. The van der Waals surface area contributed by atoms with Gasteiger partial charge in [0, 0.05) is 23.1 Å². The lowest BCUT2D eigenvalue weighted by Gasteiger charge is -2.26. The Kier molecular flexibility index (Phi) is 2.65. The minimum absolute atomic E-state index is 0.409. The van der Waals surface area contributed by atoms with E-state index in [9.17, 15) is 4.79 Å². The van der Waals surface area contributed by atoms with Crippen LogP contribution in [0.5, 0.6) is 0 Å². The van der Waals surface area contributed by atoms with Crippen LogP contribution in [-0.4, -0.2) is 10.9 Å². The van der Waals surface area contributed by atoms with Gasteiger partial charge in [-0.2, -0.15) is 0 Å². The van der Waals surface area contributed by atoms with E-state index in [1.165, 1.54) is 0 Å². The quantitative estimate of drug-likeness (QED) is 0.801. The molecule has 0 aromatic carbocycles. The fraction of sp³-hybridized carbons (Fsp3) is 0.273. The van der Waals surface area contributed by atoms with Crippen LogP contribution < -0.4 is 11.5 Å². The topological polar surface area (TPSA) is 82.0 Å². The van der Waals surface area contributed by atoms with Gasteiger partial charge in [-0.3, -0.25) is 4.79 Å². The van der Waals surface area contributed by atoms with Gasteiger partial charge in [0.05, 0.1) is 5.54 Å². The molecule has 0 spiro atoms. The fourth-order valence-electron chi connectivity index (χ4n) is 1.66. The molecule has 0 fully saturated rings. The van der Waals surface area contributed by atoms with Crippen LogP contribution in [0.1, 0.15) is 16.3 Å². The molecule has 84 valence electrons. The molecule has 1 aromatic heterocycles. The van der Waals surface area contributed by atoms with Gasteiger partial charge in [0.25, 0.3) is 0 Å². The van der Waals surface area contributed by atoms with Gasteiger partial charge >= 0.3 is 0 Å². The van der Waals surface area contributed by atoms with E-state index in [-0.39, 0.29) is 0 Å². The van der Waals surface area contributed by atoms with Crippen LogP contribution in [0.4, 0.5) is 0 Å². The standard InChI is InChI=1S/C11H13N3OS/c1-7-6-14-10(16-7)11(13)4-2-3-8(5-11)9(12)15/h2-4,6H,5,13H2,1H3,(H2,12,15). The highest BCUT2D eigenvalue weighted by molar-refractivity contribution is 7.11. The van der Waals surface area contributed by atoms with Crippen LogP contribution in [-0.2, 0) is 10.3 Å². The Balaban J connectivity index is 2.32. The molecule has 4 N–H and O–H groups in total. The van der Waals surface area contributed by atoms with Crippen molar-refractivity contribution in [2.45, 2.75) is 18.9 Å². The Morgan fingerprint density at radius 2 is 2.38 bits per heavy atom. The Bertz CT molecular complexity index is 489. The molecule has 1 aliphatic rings. The summed E-state index contributed by atoms with van der Waals surface area (Å²) < 4.78 is 0. The first-order chi connectivity index (χ1) is 7.51. The van der Waals surface area contributed by atoms with E-state index in [0.29, 0.717) is 12.0 Å². The summed E-state index contributed by atoms with van der Waals surface area (Å²) in [6.45, 7) is 1.97. The number of carbonyl (C=O) groups is 1. The lowest BCUT2D eigenvalue weighted by Crippen LogP contribution is -2.38. The number of rotatable bonds is 2. The highest BCUT2D eigenvalue weighted by Crippen LogP contribution is 2.32. The van der Waals surface area contributed by atoms with Gasteiger partial charge in [0.1, 0.15) is 5.01 Å². The normalized spacial score (nSPS) is 24.2. The number of aryl methyl sites for hydroxylation is 1. The predicted molar refractivity (Wildman–Crippen MR) is 63.8 cm³/mol. The van der Waals surface area contributed by atoms with Crippen LogP contribution in [0.15, 0.2) is 30.0 Å². The van der Waals surface area contributed by atoms with Crippen molar-refractivity contribution in [3.05, 3.63) is 39.9 Å². The van der Waals surface area contributed by atoms with E-state index in [1.54, 1.807) is 29.7 Å². The molecule has 0 radical (unpaired) electrons. The third-order valence-electron chi connectivity index (χ3n) is 2.51. The molecule has 1 atom stereocenters. The molecule has 1 aliphatic carbocycles. The minimum Gasteiger partial charge on any atom is -0.366 e. The molecule has 1 heterocycles. The molecule has 1 unspecified atom stereocenters. The minimum atomic E-state index is -0.696. The third kappa shape index (κ3) is 1.91. The van der Waals surface area contributed by atoms with Crippen molar-refractivity contribution in [2.75, 3.05) is 0 Å². The second-order valence-electron chi connectivity index (χ2n) is 3.91. The van der Waals surface area contributed by atoms with Crippen molar-refractivity contribution in [1.29, 1.82) is 0 Å². The highest BCUT2D eigenvalue weighted by atomic mass is 32.1. The number of carbonyl (C=O) groups excluding carboxylic acids is 1. The second-order valence-corrected chi connectivity index (χ2v) is 5.14. The maximum atomic E-state index is 11.1. The number of thiazole rings is 1. The van der Waals surface area contributed by atoms with Gasteiger partial charge in [0.2, 0.25) is 5.91 Å². The maximum absolute atomic E-state index is 11.1. The number of hydrogen-bond acceptors (Lipinski definition) is 4. The molecule has 1 amide bonds. The van der Waals surface area contributed by atoms with E-state index in [1.807, 2.05) is 13.0 Å². The molecule has 2 rings (SSSR count). The smallest absolute Gasteiger partial charge is 0.244 e. The Morgan fingerprint density at radius 1 is 1.62 bits per heavy atom. The molecule has 1 aromatic rings. The molecule has 0 saturated carbocycles. The number of primary amides is 1. The average molecular weight is 235 g/mol. The van der Waals surface area contributed by atoms with E-state index >= 15 is 0 Å². The van der Waals surface area contributed by atoms with Gasteiger partial charge in [0.15, 0.2) is 0 Å². The summed E-state index contributed by atoms with van der Waals surface area (Å²) in [6, 6.07) is 0. The number of amides is 1. The van der Waals surface area contributed by atoms with Gasteiger partial charge < -0.3 is 11.5 Å². The zero-order valence-corrected chi connectivity index (χ0v) is 9.75. The van der Waals surface area contributed by atoms with Crippen molar-refractivity contribution >= 4 is 17.2 Å². The summed E-state index contributed by atoms with van der Waals surface area (Å²) in [4.78, 5) is 16.5. The van der Waals surface area contributed by atoms with Crippen molar-refractivity contribution < 1.29 is 4.79 Å². The number of allylic oxidation sites excluding steroid dienone is 2. The van der Waals surface area contributed by atoms with Crippen LogP contribution in [0.25, 0.3) is 0 Å². The van der Waals surface area contributed by atoms with Gasteiger partial charge in [-0.1, -0.05) is 18.2 Å². The monoisotopic (exact) mass is 235 g/mol. The van der Waals surface area contributed by atoms with Gasteiger partial charge in [-0.05, 0) is 6.92 Å². The number of aromatic nitrogens is 1. The first-order valence-electron chi connectivity index (χ1n) is 4.91. The predicted octanol–water partition coefficient (Wildman–Crippen LogP) is 0.977. The summed E-state index contributed by atoms with van der Waals surface area (Å²) in [6.07, 6.45) is 7.52. The Labute approximate surface area is 97.7 Å². The molecule has 4 nitrogen and oxygen atoms in total. The zero-order chi connectivity index (χ0) is 11.8. The zero-order valence-electron chi connectivity index (χ0n) is 8.93. The number of nitrogens with zero attached hydrogens (tertiary/aromatic N) is 1. The van der Waals surface area contributed by atoms with Crippen LogP contribution in [0.2, 0.25) is 0 Å². The maximum Gasteiger partial charge on any atom is 0.244 e. The Hall–Kier alpha value is -1.46. The average Bonchev–Trinajstić information content (AvgIpc) is 2.65. The van der Waals surface area contributed by atoms with Crippen molar-refractivity contribution in [3.8, 4) is 0 Å². The SMILES string of the molecule is Cc1cnc(C2(N)C=CC=C(C(N)=O)C2)s1. The molecular weight excluding hydrogens is 222 g/mol. The molecule has 5 heteroatoms. The lowest BCUT2D eigenvalue weighted by atomic mass is 9.87. The van der Waals surface area contributed by atoms with Crippen molar-refractivity contribution in [2.24, 2.45) is 11.5 Å². The number of nitrogens with two attached hydrogens (primary N) is 2. The highest BCUT2D eigenvalue weighted by Gasteiger charge is 2.31. The first kappa shape index (κ1) is 11.0. The summed E-state index contributed by atoms with van der Waals surface area (Å²) in [5.41, 5.74) is 11.3. The van der Waals surface area contributed by atoms with E-state index in [0.717, 1.165) is 9.88 Å². The fourth-order valence-corrected chi connectivity index (χ4v) is 2.50. The summed E-state index contributed by atoms with van der Waals surface area (Å²) >= 11 is 1.54. The third-order valence-corrected chi connectivity index (χ3v) is 3.62. The van der Waals surface area contributed by atoms with Gasteiger partial charge in [-0.25, -0.2) is 4.98 Å². The summed E-state index contributed by atoms with van der Waals surface area (Å²) in [7, 11) is 0. The summed E-state index contributed by atoms with van der Waals surface area (Å²) in [5, 5.41) is 0.813. The number of hydrogen-bond donors (Lipinski definition) is 2. The molecule has 0 aliphatic heterocycles. The Morgan fingerprint density at radius 3 is 2.94 bits per heavy atom. The summed E-state index contributed by atoms with van der Waals surface area (Å²) in [5.74, 6) is -0.424. The van der Waals surface area contributed by atoms with Crippen molar-refractivity contribution in [3.63, 3.8) is 0 Å².